The van der Waals surface area contributed by atoms with Crippen LogP contribution in [-0.2, 0) is 4.74 Å². The quantitative estimate of drug-likeness (QED) is 0.688. The second-order valence-electron chi connectivity index (χ2n) is 3.33. The molecule has 1 fully saturated rings. The molecule has 0 saturated carbocycles. The van der Waals surface area contributed by atoms with Gasteiger partial charge >= 0.3 is 0 Å². The van der Waals surface area contributed by atoms with Crippen molar-refractivity contribution in [3.05, 3.63) is 35.6 Å². The first kappa shape index (κ1) is 10.1. The average Bonchev–Trinajstić information content (AvgIpc) is 2.29. The first-order valence-electron chi connectivity index (χ1n) is 4.97. The normalized spacial score (nSPS) is 17.3. The van der Waals surface area contributed by atoms with Gasteiger partial charge in [-0.1, -0.05) is 18.2 Å². The summed E-state index contributed by atoms with van der Waals surface area (Å²) in [5.41, 5.74) is 0.518. The van der Waals surface area contributed by atoms with E-state index < -0.39 is 0 Å². The second kappa shape index (κ2) is 4.89. The van der Waals surface area contributed by atoms with Crippen LogP contribution in [0.25, 0.3) is 0 Å². The number of rotatable bonds is 2. The van der Waals surface area contributed by atoms with Crippen molar-refractivity contribution in [1.82, 2.24) is 5.01 Å². The Bertz CT molecular complexity index is 348. The smallest absolute Gasteiger partial charge is 0.132 e. The van der Waals surface area contributed by atoms with Crippen molar-refractivity contribution in [2.24, 2.45) is 5.10 Å². The standard InChI is InChI=1S/C11H13FN2O/c12-11-4-2-1-3-10(11)9-13-14-5-7-15-8-6-14/h1-4,9H,5-8H2/b13-9+. The Morgan fingerprint density at radius 1 is 1.27 bits per heavy atom. The first-order valence-corrected chi connectivity index (χ1v) is 4.97. The molecule has 1 aliphatic rings. The number of hydrogen-bond donors (Lipinski definition) is 0. The van der Waals surface area contributed by atoms with Crippen molar-refractivity contribution in [2.45, 2.75) is 0 Å². The molecule has 80 valence electrons. The Morgan fingerprint density at radius 3 is 2.73 bits per heavy atom. The van der Waals surface area contributed by atoms with Crippen molar-refractivity contribution in [3.63, 3.8) is 0 Å². The second-order valence-corrected chi connectivity index (χ2v) is 3.33. The summed E-state index contributed by atoms with van der Waals surface area (Å²) in [6.45, 7) is 2.92. The highest BCUT2D eigenvalue weighted by Crippen LogP contribution is 2.04. The molecule has 1 saturated heterocycles. The van der Waals surface area contributed by atoms with Gasteiger partial charge in [0.05, 0.1) is 32.5 Å². The van der Waals surface area contributed by atoms with Gasteiger partial charge in [0.2, 0.25) is 0 Å². The summed E-state index contributed by atoms with van der Waals surface area (Å²) < 4.78 is 18.4. The highest BCUT2D eigenvalue weighted by molar-refractivity contribution is 5.79. The molecule has 0 amide bonds. The highest BCUT2D eigenvalue weighted by Gasteiger charge is 2.06. The number of ether oxygens (including phenoxy) is 1. The highest BCUT2D eigenvalue weighted by atomic mass is 19.1. The van der Waals surface area contributed by atoms with Gasteiger partial charge in [-0.15, -0.1) is 0 Å². The van der Waals surface area contributed by atoms with Crippen molar-refractivity contribution in [3.8, 4) is 0 Å². The number of hydrazone groups is 1. The molecular weight excluding hydrogens is 195 g/mol. The molecule has 1 aromatic rings. The Morgan fingerprint density at radius 2 is 2.00 bits per heavy atom. The van der Waals surface area contributed by atoms with Crippen LogP contribution in [0.5, 0.6) is 0 Å². The zero-order valence-corrected chi connectivity index (χ0v) is 8.40. The largest absolute Gasteiger partial charge is 0.378 e. The van der Waals surface area contributed by atoms with E-state index in [1.807, 2.05) is 5.01 Å². The van der Waals surface area contributed by atoms with Crippen LogP contribution in [0.1, 0.15) is 5.56 Å². The molecule has 0 aromatic heterocycles. The average molecular weight is 208 g/mol. The van der Waals surface area contributed by atoms with E-state index >= 15 is 0 Å². The van der Waals surface area contributed by atoms with E-state index in [9.17, 15) is 4.39 Å². The van der Waals surface area contributed by atoms with Crippen LogP contribution in [0.4, 0.5) is 4.39 Å². The summed E-state index contributed by atoms with van der Waals surface area (Å²) in [4.78, 5) is 0. The number of hydrogen-bond acceptors (Lipinski definition) is 3. The fourth-order valence-electron chi connectivity index (χ4n) is 1.39. The minimum atomic E-state index is -0.241. The summed E-state index contributed by atoms with van der Waals surface area (Å²) in [6.07, 6.45) is 1.56. The minimum absolute atomic E-state index is 0.241. The van der Waals surface area contributed by atoms with E-state index in [0.29, 0.717) is 18.8 Å². The molecule has 0 bridgehead atoms. The van der Waals surface area contributed by atoms with Gasteiger partial charge in [0.1, 0.15) is 5.82 Å². The SMILES string of the molecule is Fc1ccccc1/C=N/N1CCOCC1. The van der Waals surface area contributed by atoms with Crippen LogP contribution >= 0.6 is 0 Å². The van der Waals surface area contributed by atoms with E-state index in [4.69, 9.17) is 4.74 Å². The van der Waals surface area contributed by atoms with Gasteiger partial charge < -0.3 is 4.74 Å². The number of benzene rings is 1. The topological polar surface area (TPSA) is 24.8 Å². The molecule has 15 heavy (non-hydrogen) atoms. The van der Waals surface area contributed by atoms with Crippen LogP contribution < -0.4 is 0 Å². The molecule has 0 radical (unpaired) electrons. The molecule has 2 rings (SSSR count). The summed E-state index contributed by atoms with van der Waals surface area (Å²) in [5.74, 6) is -0.241. The van der Waals surface area contributed by atoms with Gasteiger partial charge in [-0.3, -0.25) is 5.01 Å². The maximum Gasteiger partial charge on any atom is 0.132 e. The Labute approximate surface area is 88.2 Å². The molecular formula is C11H13FN2O. The Kier molecular flexibility index (Phi) is 3.29. The molecule has 0 atom stereocenters. The molecule has 1 heterocycles. The summed E-state index contributed by atoms with van der Waals surface area (Å²) in [6, 6.07) is 6.60. The zero-order chi connectivity index (χ0) is 10.5. The van der Waals surface area contributed by atoms with Crippen LogP contribution in [0.3, 0.4) is 0 Å². The summed E-state index contributed by atoms with van der Waals surface area (Å²) in [5, 5.41) is 6.09. The van der Waals surface area contributed by atoms with Crippen molar-refractivity contribution in [2.75, 3.05) is 26.3 Å². The summed E-state index contributed by atoms with van der Waals surface area (Å²) >= 11 is 0. The Balaban J connectivity index is 2.01. The maximum absolute atomic E-state index is 13.2. The van der Waals surface area contributed by atoms with Gasteiger partial charge in [-0.25, -0.2) is 4.39 Å². The van der Waals surface area contributed by atoms with E-state index in [1.54, 1.807) is 24.4 Å². The zero-order valence-electron chi connectivity index (χ0n) is 8.40. The van der Waals surface area contributed by atoms with E-state index in [-0.39, 0.29) is 5.82 Å². The Hall–Kier alpha value is -1.42. The lowest BCUT2D eigenvalue weighted by atomic mass is 10.2. The van der Waals surface area contributed by atoms with Crippen molar-refractivity contribution < 1.29 is 9.13 Å². The molecule has 1 aromatic carbocycles. The van der Waals surface area contributed by atoms with E-state index in [1.165, 1.54) is 6.07 Å². The predicted octanol–water partition coefficient (Wildman–Crippen LogP) is 1.49. The van der Waals surface area contributed by atoms with E-state index in [2.05, 4.69) is 5.10 Å². The third-order valence-electron chi connectivity index (χ3n) is 2.25. The number of morpholine rings is 1. The summed E-state index contributed by atoms with van der Waals surface area (Å²) in [7, 11) is 0. The molecule has 4 heteroatoms. The minimum Gasteiger partial charge on any atom is -0.378 e. The molecule has 0 unspecified atom stereocenters. The van der Waals surface area contributed by atoms with Gasteiger partial charge in [-0.2, -0.15) is 5.10 Å². The molecule has 1 aliphatic heterocycles. The fourth-order valence-corrected chi connectivity index (χ4v) is 1.39. The van der Waals surface area contributed by atoms with E-state index in [0.717, 1.165) is 13.1 Å². The third-order valence-corrected chi connectivity index (χ3v) is 2.25. The number of halogens is 1. The fraction of sp³-hybridized carbons (Fsp3) is 0.364. The molecule has 3 nitrogen and oxygen atoms in total. The lowest BCUT2D eigenvalue weighted by Gasteiger charge is -2.23. The van der Waals surface area contributed by atoms with Gasteiger partial charge in [0, 0.05) is 5.56 Å². The van der Waals surface area contributed by atoms with Crippen LogP contribution in [0.15, 0.2) is 29.4 Å². The third kappa shape index (κ3) is 2.76. The number of nitrogens with zero attached hydrogens (tertiary/aromatic N) is 2. The lowest BCUT2D eigenvalue weighted by molar-refractivity contribution is 0.0397. The van der Waals surface area contributed by atoms with Crippen LogP contribution in [-0.4, -0.2) is 37.5 Å². The van der Waals surface area contributed by atoms with Crippen LogP contribution in [0, 0.1) is 5.82 Å². The predicted molar refractivity (Wildman–Crippen MR) is 56.4 cm³/mol. The molecule has 0 aliphatic carbocycles. The van der Waals surface area contributed by atoms with Gasteiger partial charge in [-0.05, 0) is 6.07 Å². The first-order chi connectivity index (χ1) is 7.36. The maximum atomic E-state index is 13.2. The molecule has 0 spiro atoms. The lowest BCUT2D eigenvalue weighted by Crippen LogP contribution is -2.32. The van der Waals surface area contributed by atoms with Gasteiger partial charge in [0.25, 0.3) is 0 Å². The van der Waals surface area contributed by atoms with Crippen LogP contribution in [0.2, 0.25) is 0 Å². The monoisotopic (exact) mass is 208 g/mol. The van der Waals surface area contributed by atoms with Gasteiger partial charge in [0.15, 0.2) is 0 Å². The molecule has 0 N–H and O–H groups in total. The van der Waals surface area contributed by atoms with Crippen molar-refractivity contribution in [1.29, 1.82) is 0 Å². The van der Waals surface area contributed by atoms with Crippen molar-refractivity contribution >= 4 is 6.21 Å².